The van der Waals surface area contributed by atoms with Crippen molar-refractivity contribution in [3.8, 4) is 0 Å². The Balaban J connectivity index is -0.000000760. The van der Waals surface area contributed by atoms with Gasteiger partial charge in [-0.05, 0) is 186 Å². The summed E-state index contributed by atoms with van der Waals surface area (Å²) in [5, 5.41) is 31.0. The second-order valence-corrected chi connectivity index (χ2v) is 32.4. The molecule has 3 aromatic carbocycles. The van der Waals surface area contributed by atoms with Crippen LogP contribution in [0.3, 0.4) is 0 Å². The Morgan fingerprint density at radius 2 is 0.800 bits per heavy atom. The summed E-state index contributed by atoms with van der Waals surface area (Å²) in [5.41, 5.74) is -1.89. The standard InChI is InChI=1S/2C23H43NO6.C19H22O8.C15H22N2O3.C13H17NO3.2CO2/c2*1-6-9-13-19(7-2)18-30-20(25)14-11-10-12-16-29-22(27)24-15-17-28-21(26)23(4,5)8-3;1-4-15(20)27-12-19(3,5-2)18(24)26-11-10-25-17(23)14-9-7-6-8-13(14)16(21)22;1-4-15(2,3)13(18)20-11-10-16-14(19)17-12-8-6-5-7-9-12;1-4-13(2,3)12(17)14-10-7-5-6-9(8-10)11(15)16;2*2-1-3/h2*19H,6-18H2,1-5H3,(H,24,27);4,6-9H,1,5,10-12H2,2-3H3,(H,21,22);5-9H,4,10-11H2,1-3H3,(H2,16,17,19);5-8H,4H2,1-3H3,(H,14,17)(H,15,16);;. The summed E-state index contributed by atoms with van der Waals surface area (Å²) in [6.07, 6.45) is 17.8. The number of urea groups is 1. The first kappa shape index (κ1) is 124. The maximum Gasteiger partial charge on any atom is 0.407 e. The number of esters is 8. The van der Waals surface area contributed by atoms with Gasteiger partial charge in [-0.2, -0.15) is 19.2 Å². The van der Waals surface area contributed by atoms with Crippen LogP contribution in [0.2, 0.25) is 0 Å². The summed E-state index contributed by atoms with van der Waals surface area (Å²) in [7, 11) is 0. The lowest BCUT2D eigenvalue weighted by molar-refractivity contribution is -0.193. The molecule has 0 aliphatic rings. The fourth-order valence-corrected chi connectivity index (χ4v) is 9.66. The number of carboxylic acid groups (broad SMARTS) is 2. The number of benzene rings is 3. The lowest BCUT2D eigenvalue weighted by atomic mass is 9.89. The molecule has 0 radical (unpaired) electrons. The van der Waals surface area contributed by atoms with E-state index in [0.717, 1.165) is 76.7 Å². The topological polar surface area (TPSA) is 500 Å². The summed E-state index contributed by atoms with van der Waals surface area (Å²) in [4.78, 5) is 195. The van der Waals surface area contributed by atoms with Crippen LogP contribution >= 0.6 is 0 Å². The summed E-state index contributed by atoms with van der Waals surface area (Å²) < 4.78 is 51.2. The number of carbonyl (C=O) groups is 14. The van der Waals surface area contributed by atoms with Crippen LogP contribution in [-0.2, 0) is 105 Å². The number of alkyl carbamates (subject to hydrolysis) is 2. The molecule has 3 atom stereocenters. The van der Waals surface area contributed by atoms with Gasteiger partial charge >= 0.3 is 90.2 Å². The van der Waals surface area contributed by atoms with Crippen molar-refractivity contribution < 1.29 is 144 Å². The fourth-order valence-electron chi connectivity index (χ4n) is 9.66. The predicted molar refractivity (Wildman–Crippen MR) is 483 cm³/mol. The summed E-state index contributed by atoms with van der Waals surface area (Å²) in [5.74, 6) is -4.61. The molecule has 5 amide bonds. The summed E-state index contributed by atoms with van der Waals surface area (Å²) >= 11 is 0. The van der Waals surface area contributed by atoms with E-state index in [0.29, 0.717) is 101 Å². The highest BCUT2D eigenvalue weighted by molar-refractivity contribution is 6.02. The Kier molecular flexibility index (Phi) is 70.8. The Hall–Kier alpha value is -11.9. The Morgan fingerprint density at radius 1 is 0.400 bits per heavy atom. The van der Waals surface area contributed by atoms with Gasteiger partial charge in [0.25, 0.3) is 0 Å². The zero-order valence-corrected chi connectivity index (χ0v) is 79.8. The third kappa shape index (κ3) is 61.6. The minimum Gasteiger partial charge on any atom is -0.478 e. The third-order valence-electron chi connectivity index (χ3n) is 20.5. The van der Waals surface area contributed by atoms with Crippen LogP contribution in [0.25, 0.3) is 0 Å². The van der Waals surface area contributed by atoms with Crippen molar-refractivity contribution in [3.05, 3.63) is 108 Å². The number of hydrogen-bond acceptors (Lipinski definition) is 28. The number of unbranched alkanes of at least 4 members (excludes halogenated alkanes) is 6. The van der Waals surface area contributed by atoms with Gasteiger partial charge in [-0.25, -0.2) is 33.6 Å². The molecule has 0 spiro atoms. The van der Waals surface area contributed by atoms with E-state index in [9.17, 15) is 67.1 Å². The van der Waals surface area contributed by atoms with Crippen molar-refractivity contribution in [2.24, 2.45) is 38.9 Å². The molecule has 7 N–H and O–H groups in total. The first-order valence-electron chi connectivity index (χ1n) is 44.3. The van der Waals surface area contributed by atoms with Crippen LogP contribution in [0.5, 0.6) is 0 Å². The fraction of sp³-hybridized carbons (Fsp3) is 0.621. The van der Waals surface area contributed by atoms with E-state index in [4.69, 9.17) is 76.8 Å². The molecule has 3 aromatic rings. The highest BCUT2D eigenvalue weighted by atomic mass is 16.6. The van der Waals surface area contributed by atoms with E-state index >= 15 is 0 Å². The number of hydrogen-bond donors (Lipinski definition) is 7. The molecule has 3 unspecified atom stereocenters. The zero-order chi connectivity index (χ0) is 99.6. The normalized spacial score (nSPS) is 11.4. The number of aromatic carboxylic acids is 2. The van der Waals surface area contributed by atoms with E-state index in [1.807, 2.05) is 101 Å². The van der Waals surface area contributed by atoms with Crippen molar-refractivity contribution in [2.45, 2.75) is 259 Å². The molecule has 0 saturated heterocycles. The molecule has 0 bridgehead atoms. The summed E-state index contributed by atoms with van der Waals surface area (Å²) in [6.45, 7) is 39.7. The van der Waals surface area contributed by atoms with Gasteiger partial charge in [0.2, 0.25) is 5.91 Å². The molecule has 0 aromatic heterocycles. The number of carboxylic acids is 2. The average molecular weight is 1840 g/mol. The number of nitrogens with one attached hydrogen (secondary N) is 5. The number of rotatable bonds is 54. The quantitative estimate of drug-likeness (QED) is 0.0119. The predicted octanol–water partition coefficient (Wildman–Crippen LogP) is 16.6. The molecule has 0 heterocycles. The largest absolute Gasteiger partial charge is 0.478 e. The molecule has 0 fully saturated rings. The van der Waals surface area contributed by atoms with E-state index in [1.54, 1.807) is 38.1 Å². The van der Waals surface area contributed by atoms with Crippen molar-refractivity contribution in [1.29, 1.82) is 0 Å². The molecular weight excluding hydrogens is 1690 g/mol. The van der Waals surface area contributed by atoms with E-state index in [-0.39, 0.29) is 130 Å². The Bertz CT molecular complexity index is 3790. The molecule has 130 heavy (non-hydrogen) atoms. The van der Waals surface area contributed by atoms with Gasteiger partial charge in [0, 0.05) is 35.7 Å². The molecule has 35 nitrogen and oxygen atoms in total. The highest BCUT2D eigenvalue weighted by Crippen LogP contribution is 2.27. The Morgan fingerprint density at radius 3 is 1.19 bits per heavy atom. The van der Waals surface area contributed by atoms with Crippen LogP contribution in [0.4, 0.5) is 25.8 Å². The number of anilines is 2. The zero-order valence-electron chi connectivity index (χ0n) is 79.8. The lowest BCUT2D eigenvalue weighted by Crippen LogP contribution is -2.35. The van der Waals surface area contributed by atoms with Crippen LogP contribution in [-0.4, -0.2) is 192 Å². The smallest absolute Gasteiger partial charge is 0.407 e. The first-order valence-corrected chi connectivity index (χ1v) is 44.3. The lowest BCUT2D eigenvalue weighted by Gasteiger charge is -2.25. The molecule has 732 valence electrons. The van der Waals surface area contributed by atoms with Gasteiger partial charge in [-0.15, -0.1) is 0 Å². The molecule has 0 saturated carbocycles. The van der Waals surface area contributed by atoms with Gasteiger partial charge in [-0.1, -0.05) is 158 Å². The van der Waals surface area contributed by atoms with Crippen molar-refractivity contribution >= 4 is 107 Å². The van der Waals surface area contributed by atoms with E-state index < -0.39 is 69.1 Å². The molecular formula is C95H147N5O30. The molecule has 35 heteroatoms. The van der Waals surface area contributed by atoms with Gasteiger partial charge in [0.05, 0.1) is 84.4 Å². The molecule has 0 aliphatic heterocycles. The molecule has 0 aliphatic carbocycles. The number of carbonyl (C=O) groups excluding carboxylic acids is 16. The third-order valence-corrected chi connectivity index (χ3v) is 20.5. The number of para-hydroxylation sites is 1. The number of amides is 5. The van der Waals surface area contributed by atoms with E-state index in [2.05, 4.69) is 60.9 Å². The average Bonchev–Trinajstić information content (AvgIpc) is 0.852. The minimum absolute atomic E-state index is 0.0916. The van der Waals surface area contributed by atoms with E-state index in [1.165, 1.54) is 49.2 Å². The van der Waals surface area contributed by atoms with Crippen LogP contribution in [0.1, 0.15) is 291 Å². The number of ether oxygens (including phenoxy) is 10. The van der Waals surface area contributed by atoms with Crippen molar-refractivity contribution in [2.75, 3.05) is 96.3 Å². The van der Waals surface area contributed by atoms with Crippen LogP contribution in [0.15, 0.2) is 91.5 Å². The summed E-state index contributed by atoms with van der Waals surface area (Å²) in [6, 6.07) is 20.7. The van der Waals surface area contributed by atoms with Gasteiger partial charge < -0.3 is 84.2 Å². The molecule has 3 rings (SSSR count). The maximum atomic E-state index is 12.2. The first-order chi connectivity index (χ1) is 61.4. The maximum absolute atomic E-state index is 12.2. The van der Waals surface area contributed by atoms with Gasteiger partial charge in [0.1, 0.15) is 39.6 Å². The highest BCUT2D eigenvalue weighted by Gasteiger charge is 2.35. The second kappa shape index (κ2) is 74.0. The van der Waals surface area contributed by atoms with Crippen LogP contribution in [0, 0.1) is 38.9 Å². The van der Waals surface area contributed by atoms with Gasteiger partial charge in [0.15, 0.2) is 0 Å². The van der Waals surface area contributed by atoms with Crippen molar-refractivity contribution in [3.63, 3.8) is 0 Å². The second-order valence-electron chi connectivity index (χ2n) is 32.4. The van der Waals surface area contributed by atoms with Crippen molar-refractivity contribution in [1.82, 2.24) is 16.0 Å². The monoisotopic (exact) mass is 1840 g/mol. The minimum atomic E-state index is -1.25. The van der Waals surface area contributed by atoms with Crippen LogP contribution < -0.4 is 26.6 Å². The Labute approximate surface area is 766 Å². The van der Waals surface area contributed by atoms with Gasteiger partial charge in [-0.3, -0.25) is 33.6 Å². The SMILES string of the molecule is C=CC(=O)OCC(C)(CC)C(=O)OCCOC(=O)c1ccccc1C(=O)O.CCC(C)(C)C(=O)Nc1cccc(C(=O)O)c1.CCC(C)(C)C(=O)OCCNC(=O)Nc1ccccc1.CCCCC(CC)COC(=O)CCCCCOC(=O)NCCOC(=O)C(C)(C)CC.CCCCC(CC)COC(=O)CCCCCOC(=O)NCCOC(=O)C(C)(C)CC.O=C=O.O=C=O.